The Kier molecular flexibility index (Phi) is 3.49. The minimum absolute atomic E-state index is 0.495. The zero-order valence-electron chi connectivity index (χ0n) is 8.95. The van der Waals surface area contributed by atoms with E-state index in [4.69, 9.17) is 16.3 Å². The second-order valence-corrected chi connectivity index (χ2v) is 4.16. The lowest BCUT2D eigenvalue weighted by molar-refractivity contribution is 0.193. The number of likely N-dealkylation sites (N-methyl/N-ethyl adjacent to an activating group) is 1. The maximum Gasteiger partial charge on any atom is 0.0670 e. The van der Waals surface area contributed by atoms with Gasteiger partial charge in [-0.2, -0.15) is 0 Å². The van der Waals surface area contributed by atoms with Crippen molar-refractivity contribution >= 4 is 17.3 Å². The Bertz CT molecular complexity index is 323. The number of benzene rings is 1. The number of hydrogen-bond donors (Lipinski definition) is 0. The van der Waals surface area contributed by atoms with Gasteiger partial charge in [-0.3, -0.25) is 0 Å². The average molecular weight is 226 g/mol. The third-order valence-corrected chi connectivity index (χ3v) is 3.26. The van der Waals surface area contributed by atoms with E-state index in [1.165, 1.54) is 11.3 Å². The zero-order valence-corrected chi connectivity index (χ0v) is 9.70. The van der Waals surface area contributed by atoms with E-state index in [1.54, 1.807) is 0 Å². The first-order valence-corrected chi connectivity index (χ1v) is 5.81. The molecule has 3 heteroatoms. The van der Waals surface area contributed by atoms with Gasteiger partial charge >= 0.3 is 0 Å². The van der Waals surface area contributed by atoms with Crippen LogP contribution in [0.15, 0.2) is 24.3 Å². The Balaban J connectivity index is 2.19. The normalized spacial score (nSPS) is 20.5. The van der Waals surface area contributed by atoms with E-state index < -0.39 is 0 Å². The third kappa shape index (κ3) is 2.27. The van der Waals surface area contributed by atoms with Crippen molar-refractivity contribution in [2.75, 3.05) is 25.2 Å². The summed E-state index contributed by atoms with van der Waals surface area (Å²) >= 11 is 5.92. The molecule has 0 aromatic heterocycles. The SMILES string of the molecule is CN(c1ccccc1CCl)C1CCOC1. The van der Waals surface area contributed by atoms with Crippen LogP contribution in [-0.2, 0) is 10.6 Å². The van der Waals surface area contributed by atoms with Crippen LogP contribution in [0.4, 0.5) is 5.69 Å². The molecule has 1 heterocycles. The number of hydrogen-bond acceptors (Lipinski definition) is 2. The van der Waals surface area contributed by atoms with Crippen molar-refractivity contribution in [3.63, 3.8) is 0 Å². The van der Waals surface area contributed by atoms with Gasteiger partial charge in [0.1, 0.15) is 0 Å². The minimum Gasteiger partial charge on any atom is -0.379 e. The first kappa shape index (κ1) is 10.8. The van der Waals surface area contributed by atoms with E-state index in [2.05, 4.69) is 30.1 Å². The fraction of sp³-hybridized carbons (Fsp3) is 0.500. The second-order valence-electron chi connectivity index (χ2n) is 3.89. The molecule has 0 aliphatic carbocycles. The maximum atomic E-state index is 5.92. The second kappa shape index (κ2) is 4.86. The number of ether oxygens (including phenoxy) is 1. The van der Waals surface area contributed by atoms with Gasteiger partial charge in [0.25, 0.3) is 0 Å². The fourth-order valence-corrected chi connectivity index (χ4v) is 2.22. The van der Waals surface area contributed by atoms with E-state index in [0.29, 0.717) is 11.9 Å². The van der Waals surface area contributed by atoms with Crippen LogP contribution in [0.2, 0.25) is 0 Å². The summed E-state index contributed by atoms with van der Waals surface area (Å²) in [5.41, 5.74) is 2.41. The topological polar surface area (TPSA) is 12.5 Å². The van der Waals surface area contributed by atoms with Crippen LogP contribution in [0.1, 0.15) is 12.0 Å². The highest BCUT2D eigenvalue weighted by atomic mass is 35.5. The van der Waals surface area contributed by atoms with Crippen LogP contribution in [0.25, 0.3) is 0 Å². The molecule has 0 amide bonds. The first-order valence-electron chi connectivity index (χ1n) is 5.27. The van der Waals surface area contributed by atoms with Crippen LogP contribution in [0.3, 0.4) is 0 Å². The number of rotatable bonds is 3. The van der Waals surface area contributed by atoms with Gasteiger partial charge in [0, 0.05) is 25.2 Å². The molecule has 0 spiro atoms. The molecule has 15 heavy (non-hydrogen) atoms. The van der Waals surface area contributed by atoms with Crippen molar-refractivity contribution in [1.82, 2.24) is 0 Å². The molecular formula is C12H16ClNO. The molecule has 0 saturated carbocycles. The summed E-state index contributed by atoms with van der Waals surface area (Å²) in [5, 5.41) is 0. The quantitative estimate of drug-likeness (QED) is 0.734. The van der Waals surface area contributed by atoms with E-state index in [1.807, 2.05) is 6.07 Å². The van der Waals surface area contributed by atoms with Gasteiger partial charge in [0.2, 0.25) is 0 Å². The largest absolute Gasteiger partial charge is 0.379 e. The Labute approximate surface area is 95.8 Å². The summed E-state index contributed by atoms with van der Waals surface area (Å²) < 4.78 is 5.40. The lowest BCUT2D eigenvalue weighted by Crippen LogP contribution is -2.32. The number of alkyl halides is 1. The summed E-state index contributed by atoms with van der Waals surface area (Å²) in [6, 6.07) is 8.78. The van der Waals surface area contributed by atoms with Crippen molar-refractivity contribution in [2.24, 2.45) is 0 Å². The highest BCUT2D eigenvalue weighted by molar-refractivity contribution is 6.17. The smallest absolute Gasteiger partial charge is 0.0670 e. The maximum absolute atomic E-state index is 5.92. The third-order valence-electron chi connectivity index (χ3n) is 2.97. The molecular weight excluding hydrogens is 210 g/mol. The lowest BCUT2D eigenvalue weighted by Gasteiger charge is -2.27. The Morgan fingerprint density at radius 3 is 2.93 bits per heavy atom. The molecule has 0 N–H and O–H groups in total. The van der Waals surface area contributed by atoms with E-state index in [-0.39, 0.29) is 0 Å². The molecule has 0 radical (unpaired) electrons. The molecule has 1 atom stereocenters. The highest BCUT2D eigenvalue weighted by Gasteiger charge is 2.21. The monoisotopic (exact) mass is 225 g/mol. The van der Waals surface area contributed by atoms with Crippen LogP contribution in [-0.4, -0.2) is 26.3 Å². The lowest BCUT2D eigenvalue weighted by atomic mass is 10.1. The molecule has 1 aliphatic heterocycles. The summed E-state index contributed by atoms with van der Waals surface area (Å²) in [6.07, 6.45) is 1.10. The van der Waals surface area contributed by atoms with E-state index in [0.717, 1.165) is 19.6 Å². The average Bonchev–Trinajstić information content (AvgIpc) is 2.81. The predicted molar refractivity (Wildman–Crippen MR) is 63.6 cm³/mol. The predicted octanol–water partition coefficient (Wildman–Crippen LogP) is 2.65. The first-order chi connectivity index (χ1) is 7.33. The van der Waals surface area contributed by atoms with Crippen LogP contribution in [0, 0.1) is 0 Å². The number of anilines is 1. The van der Waals surface area contributed by atoms with Gasteiger partial charge in [-0.25, -0.2) is 0 Å². The zero-order chi connectivity index (χ0) is 10.7. The highest BCUT2D eigenvalue weighted by Crippen LogP contribution is 2.25. The molecule has 1 aromatic rings. The summed E-state index contributed by atoms with van der Waals surface area (Å²) in [5.74, 6) is 0.564. The minimum atomic E-state index is 0.495. The number of para-hydroxylation sites is 1. The molecule has 0 bridgehead atoms. The van der Waals surface area contributed by atoms with Crippen molar-refractivity contribution < 1.29 is 4.74 Å². The number of nitrogens with zero attached hydrogens (tertiary/aromatic N) is 1. The molecule has 2 nitrogen and oxygen atoms in total. The number of halogens is 1. The van der Waals surface area contributed by atoms with Gasteiger partial charge in [0.15, 0.2) is 0 Å². The molecule has 1 aromatic carbocycles. The van der Waals surface area contributed by atoms with Crippen molar-refractivity contribution in [2.45, 2.75) is 18.3 Å². The Morgan fingerprint density at radius 2 is 2.27 bits per heavy atom. The molecule has 1 fully saturated rings. The summed E-state index contributed by atoms with van der Waals surface area (Å²) in [7, 11) is 2.12. The summed E-state index contributed by atoms with van der Waals surface area (Å²) in [4.78, 5) is 2.28. The standard InChI is InChI=1S/C12H16ClNO/c1-14(11-6-7-15-9-11)12-5-3-2-4-10(12)8-13/h2-5,11H,6-9H2,1H3. The van der Waals surface area contributed by atoms with Gasteiger partial charge in [-0.1, -0.05) is 18.2 Å². The molecule has 1 aliphatic rings. The van der Waals surface area contributed by atoms with Crippen molar-refractivity contribution in [1.29, 1.82) is 0 Å². The van der Waals surface area contributed by atoms with Crippen LogP contribution < -0.4 is 4.90 Å². The van der Waals surface area contributed by atoms with Gasteiger partial charge in [-0.05, 0) is 18.1 Å². The Morgan fingerprint density at radius 1 is 1.47 bits per heavy atom. The van der Waals surface area contributed by atoms with Crippen LogP contribution in [0.5, 0.6) is 0 Å². The fourth-order valence-electron chi connectivity index (χ4n) is 1.99. The van der Waals surface area contributed by atoms with Gasteiger partial charge in [0.05, 0.1) is 12.6 Å². The van der Waals surface area contributed by atoms with Crippen molar-refractivity contribution in [3.8, 4) is 0 Å². The van der Waals surface area contributed by atoms with Gasteiger partial charge in [-0.15, -0.1) is 11.6 Å². The van der Waals surface area contributed by atoms with Crippen LogP contribution >= 0.6 is 11.6 Å². The van der Waals surface area contributed by atoms with Crippen molar-refractivity contribution in [3.05, 3.63) is 29.8 Å². The van der Waals surface area contributed by atoms with E-state index in [9.17, 15) is 0 Å². The molecule has 82 valence electrons. The van der Waals surface area contributed by atoms with Gasteiger partial charge < -0.3 is 9.64 Å². The summed E-state index contributed by atoms with van der Waals surface area (Å²) in [6.45, 7) is 1.70. The van der Waals surface area contributed by atoms with E-state index >= 15 is 0 Å². The molecule has 1 saturated heterocycles. The molecule has 1 unspecified atom stereocenters. The Hall–Kier alpha value is -0.730. The molecule has 2 rings (SSSR count).